The number of nitrogens with zero attached hydrogens (tertiary/aromatic N) is 1. The second-order valence-electron chi connectivity index (χ2n) is 5.27. The molecular weight excluding hydrogens is 256 g/mol. The lowest BCUT2D eigenvalue weighted by Gasteiger charge is -2.17. The zero-order valence-corrected chi connectivity index (χ0v) is 11.8. The third kappa shape index (κ3) is 2.92. The van der Waals surface area contributed by atoms with Crippen LogP contribution in [-0.2, 0) is 16.0 Å². The van der Waals surface area contributed by atoms with E-state index in [9.17, 15) is 9.59 Å². The molecular formula is C15H20N2O3. The molecule has 0 radical (unpaired) electrons. The van der Waals surface area contributed by atoms with Gasteiger partial charge in [0, 0.05) is 18.7 Å². The molecule has 1 aliphatic heterocycles. The Labute approximate surface area is 118 Å². The molecule has 2 atom stereocenters. The molecule has 1 aromatic rings. The Morgan fingerprint density at radius 2 is 2.05 bits per heavy atom. The van der Waals surface area contributed by atoms with E-state index in [1.165, 1.54) is 0 Å². The van der Waals surface area contributed by atoms with Gasteiger partial charge in [0.1, 0.15) is 5.75 Å². The van der Waals surface area contributed by atoms with Crippen LogP contribution >= 0.6 is 0 Å². The molecule has 20 heavy (non-hydrogen) atoms. The van der Waals surface area contributed by atoms with Crippen LogP contribution in [0.1, 0.15) is 12.5 Å². The van der Waals surface area contributed by atoms with Crippen LogP contribution in [0, 0.1) is 11.8 Å². The minimum absolute atomic E-state index is 0.00472. The van der Waals surface area contributed by atoms with Crippen LogP contribution in [0.3, 0.4) is 0 Å². The number of ether oxygens (including phenoxy) is 1. The van der Waals surface area contributed by atoms with Crippen LogP contribution in [-0.4, -0.2) is 36.9 Å². The normalized spacial score (nSPS) is 21.8. The first kappa shape index (κ1) is 14.4. The van der Waals surface area contributed by atoms with E-state index in [4.69, 9.17) is 10.5 Å². The summed E-state index contributed by atoms with van der Waals surface area (Å²) in [6.45, 7) is 2.96. The number of primary amides is 1. The summed E-state index contributed by atoms with van der Waals surface area (Å²) in [6, 6.07) is 7.46. The van der Waals surface area contributed by atoms with Gasteiger partial charge in [-0.2, -0.15) is 0 Å². The van der Waals surface area contributed by atoms with Gasteiger partial charge in [-0.05, 0) is 12.0 Å². The second-order valence-corrected chi connectivity index (χ2v) is 5.27. The quantitative estimate of drug-likeness (QED) is 0.884. The molecule has 1 fully saturated rings. The average Bonchev–Trinajstić information content (AvgIpc) is 2.81. The fourth-order valence-corrected chi connectivity index (χ4v) is 2.66. The molecule has 1 aliphatic rings. The third-order valence-corrected chi connectivity index (χ3v) is 3.86. The van der Waals surface area contributed by atoms with Crippen molar-refractivity contribution < 1.29 is 14.3 Å². The zero-order chi connectivity index (χ0) is 14.7. The molecule has 0 unspecified atom stereocenters. The van der Waals surface area contributed by atoms with E-state index in [0.29, 0.717) is 18.8 Å². The number of carbonyl (C=O) groups is 2. The lowest BCUT2D eigenvalue weighted by Crippen LogP contribution is -2.32. The summed E-state index contributed by atoms with van der Waals surface area (Å²) >= 11 is 0. The van der Waals surface area contributed by atoms with Crippen LogP contribution in [0.4, 0.5) is 0 Å². The van der Waals surface area contributed by atoms with Gasteiger partial charge in [0.25, 0.3) is 0 Å². The van der Waals surface area contributed by atoms with Crippen LogP contribution < -0.4 is 10.5 Å². The predicted molar refractivity (Wildman–Crippen MR) is 75.1 cm³/mol. The number of likely N-dealkylation sites (tertiary alicyclic amines) is 1. The highest BCUT2D eigenvalue weighted by molar-refractivity contribution is 5.83. The highest BCUT2D eigenvalue weighted by Crippen LogP contribution is 2.24. The monoisotopic (exact) mass is 276 g/mol. The molecule has 5 nitrogen and oxygen atoms in total. The first-order valence-corrected chi connectivity index (χ1v) is 6.72. The molecule has 2 rings (SSSR count). The Morgan fingerprint density at radius 1 is 1.35 bits per heavy atom. The van der Waals surface area contributed by atoms with Gasteiger partial charge in [-0.1, -0.05) is 25.1 Å². The number of amides is 2. The Morgan fingerprint density at radius 3 is 2.65 bits per heavy atom. The fourth-order valence-electron chi connectivity index (χ4n) is 2.66. The molecule has 0 saturated carbocycles. The molecule has 1 saturated heterocycles. The van der Waals surface area contributed by atoms with Crippen LogP contribution in [0.2, 0.25) is 0 Å². The highest BCUT2D eigenvalue weighted by Gasteiger charge is 2.35. The average molecular weight is 276 g/mol. The first-order chi connectivity index (χ1) is 9.52. The number of hydrogen-bond donors (Lipinski definition) is 1. The van der Waals surface area contributed by atoms with Gasteiger partial charge >= 0.3 is 0 Å². The van der Waals surface area contributed by atoms with Crippen molar-refractivity contribution in [2.75, 3.05) is 20.2 Å². The summed E-state index contributed by atoms with van der Waals surface area (Å²) in [5, 5.41) is 0. The van der Waals surface area contributed by atoms with Gasteiger partial charge in [0.15, 0.2) is 0 Å². The molecule has 1 aromatic carbocycles. The van der Waals surface area contributed by atoms with Crippen LogP contribution in [0.5, 0.6) is 5.75 Å². The second kappa shape index (κ2) is 5.94. The minimum Gasteiger partial charge on any atom is -0.496 e. The van der Waals surface area contributed by atoms with Crippen molar-refractivity contribution in [3.05, 3.63) is 29.8 Å². The standard InChI is InChI=1S/C15H20N2O3/c1-10-8-17(9-12(10)15(16)19)14(18)7-11-5-3-4-6-13(11)20-2/h3-6,10,12H,7-9H2,1-2H3,(H2,16,19)/t10-,12-/m0/s1. The lowest BCUT2D eigenvalue weighted by molar-refractivity contribution is -0.129. The Bertz CT molecular complexity index is 516. The summed E-state index contributed by atoms with van der Waals surface area (Å²) in [5.41, 5.74) is 6.21. The number of nitrogens with two attached hydrogens (primary N) is 1. The third-order valence-electron chi connectivity index (χ3n) is 3.86. The maximum absolute atomic E-state index is 12.3. The van der Waals surface area contributed by atoms with Gasteiger partial charge in [0.05, 0.1) is 19.4 Å². The molecule has 1 heterocycles. The molecule has 0 bridgehead atoms. The number of methoxy groups -OCH3 is 1. The van der Waals surface area contributed by atoms with E-state index in [1.54, 1.807) is 12.0 Å². The minimum atomic E-state index is -0.329. The van der Waals surface area contributed by atoms with E-state index in [1.807, 2.05) is 31.2 Å². The summed E-state index contributed by atoms with van der Waals surface area (Å²) in [6.07, 6.45) is 0.280. The van der Waals surface area contributed by atoms with Gasteiger partial charge in [0.2, 0.25) is 11.8 Å². The van der Waals surface area contributed by atoms with E-state index >= 15 is 0 Å². The number of hydrogen-bond acceptors (Lipinski definition) is 3. The number of para-hydroxylation sites is 1. The van der Waals surface area contributed by atoms with Crippen molar-refractivity contribution in [1.29, 1.82) is 0 Å². The topological polar surface area (TPSA) is 72.6 Å². The van der Waals surface area contributed by atoms with Crippen molar-refractivity contribution in [2.45, 2.75) is 13.3 Å². The smallest absolute Gasteiger partial charge is 0.227 e. The molecule has 0 aliphatic carbocycles. The lowest BCUT2D eigenvalue weighted by atomic mass is 9.98. The number of carbonyl (C=O) groups excluding carboxylic acids is 2. The Kier molecular flexibility index (Phi) is 4.27. The fraction of sp³-hybridized carbons (Fsp3) is 0.467. The SMILES string of the molecule is COc1ccccc1CC(=O)N1C[C@H](C(N)=O)[C@@H](C)C1. The Balaban J connectivity index is 2.04. The molecule has 108 valence electrons. The highest BCUT2D eigenvalue weighted by atomic mass is 16.5. The molecule has 2 amide bonds. The summed E-state index contributed by atoms with van der Waals surface area (Å²) in [4.78, 5) is 25.3. The largest absolute Gasteiger partial charge is 0.496 e. The van der Waals surface area contributed by atoms with E-state index in [0.717, 1.165) is 5.56 Å². The summed E-state index contributed by atoms with van der Waals surface area (Å²) in [5.74, 6) is 0.264. The maximum Gasteiger partial charge on any atom is 0.227 e. The van der Waals surface area contributed by atoms with Crippen molar-refractivity contribution in [3.63, 3.8) is 0 Å². The molecule has 2 N–H and O–H groups in total. The van der Waals surface area contributed by atoms with Crippen molar-refractivity contribution in [3.8, 4) is 5.75 Å². The van der Waals surface area contributed by atoms with Gasteiger partial charge < -0.3 is 15.4 Å². The predicted octanol–water partition coefficient (Wildman–Crippen LogP) is 0.818. The zero-order valence-electron chi connectivity index (χ0n) is 11.8. The van der Waals surface area contributed by atoms with Crippen molar-refractivity contribution in [2.24, 2.45) is 17.6 Å². The van der Waals surface area contributed by atoms with Gasteiger partial charge in [-0.25, -0.2) is 0 Å². The first-order valence-electron chi connectivity index (χ1n) is 6.72. The number of rotatable bonds is 4. The summed E-state index contributed by atoms with van der Waals surface area (Å²) in [7, 11) is 1.59. The van der Waals surface area contributed by atoms with Crippen molar-refractivity contribution >= 4 is 11.8 Å². The van der Waals surface area contributed by atoms with Crippen LogP contribution in [0.15, 0.2) is 24.3 Å². The number of benzene rings is 1. The molecule has 5 heteroatoms. The molecule has 0 spiro atoms. The Hall–Kier alpha value is -2.04. The van der Waals surface area contributed by atoms with Crippen LogP contribution in [0.25, 0.3) is 0 Å². The van der Waals surface area contributed by atoms with E-state index in [-0.39, 0.29) is 30.1 Å². The van der Waals surface area contributed by atoms with E-state index in [2.05, 4.69) is 0 Å². The van der Waals surface area contributed by atoms with Crippen molar-refractivity contribution in [1.82, 2.24) is 4.90 Å². The van der Waals surface area contributed by atoms with Gasteiger partial charge in [-0.3, -0.25) is 9.59 Å². The van der Waals surface area contributed by atoms with E-state index < -0.39 is 0 Å². The summed E-state index contributed by atoms with van der Waals surface area (Å²) < 4.78 is 5.24. The molecule has 0 aromatic heterocycles. The maximum atomic E-state index is 12.3. The van der Waals surface area contributed by atoms with Gasteiger partial charge in [-0.15, -0.1) is 0 Å².